The van der Waals surface area contributed by atoms with E-state index in [9.17, 15) is 8.42 Å². The van der Waals surface area contributed by atoms with E-state index in [-0.39, 0.29) is 0 Å². The summed E-state index contributed by atoms with van der Waals surface area (Å²) in [4.78, 5) is 1.14. The molecule has 0 atom stereocenters. The Hall–Kier alpha value is -2.21. The van der Waals surface area contributed by atoms with Crippen molar-refractivity contribution in [2.45, 2.75) is 10.6 Å². The highest BCUT2D eigenvalue weighted by atomic mass is 35.5. The minimum absolute atomic E-state index is 0.546. The third-order valence-electron chi connectivity index (χ3n) is 4.43. The molecule has 0 bridgehead atoms. The van der Waals surface area contributed by atoms with E-state index in [1.54, 1.807) is 17.8 Å². The van der Waals surface area contributed by atoms with E-state index in [0.29, 0.717) is 5.69 Å². The smallest absolute Gasteiger partial charge is 0.229 e. The zero-order chi connectivity index (χ0) is 19.7. The predicted molar refractivity (Wildman–Crippen MR) is 119 cm³/mol. The van der Waals surface area contributed by atoms with Crippen LogP contribution in [0.4, 0.5) is 5.69 Å². The van der Waals surface area contributed by atoms with Gasteiger partial charge in [-0.1, -0.05) is 54.1 Å². The fraction of sp³-hybridized carbons (Fsp3) is 0.0909. The Morgan fingerprint density at radius 1 is 1.00 bits per heavy atom. The highest BCUT2D eigenvalue weighted by molar-refractivity contribution is 7.98. The third-order valence-corrected chi connectivity index (χ3v) is 6.37. The Labute approximate surface area is 174 Å². The molecular weight excluding hydrogens is 410 g/mol. The lowest BCUT2D eigenvalue weighted by Crippen LogP contribution is -2.09. The van der Waals surface area contributed by atoms with Gasteiger partial charge in [0.05, 0.1) is 6.26 Å². The van der Waals surface area contributed by atoms with E-state index < -0.39 is 10.0 Å². The average Bonchev–Trinajstić information content (AvgIpc) is 2.78. The van der Waals surface area contributed by atoms with Gasteiger partial charge in [0.25, 0.3) is 0 Å². The van der Waals surface area contributed by atoms with E-state index in [1.807, 2.05) is 36.4 Å². The molecule has 3 aromatic rings. The van der Waals surface area contributed by atoms with Crippen molar-refractivity contribution in [2.75, 3.05) is 11.0 Å². The van der Waals surface area contributed by atoms with Crippen LogP contribution in [0.5, 0.6) is 0 Å². The topological polar surface area (TPSA) is 46.2 Å². The molecule has 0 aliphatic carbocycles. The average molecular weight is 428 g/mol. The maximum absolute atomic E-state index is 11.6. The van der Waals surface area contributed by atoms with Gasteiger partial charge in [-0.05, 0) is 58.2 Å². The summed E-state index contributed by atoms with van der Waals surface area (Å²) in [6, 6.07) is 21.7. The van der Waals surface area contributed by atoms with Crippen LogP contribution in [0.15, 0.2) is 71.6 Å². The lowest BCUT2D eigenvalue weighted by atomic mass is 9.92. The molecule has 0 fully saturated rings. The van der Waals surface area contributed by atoms with Gasteiger partial charge in [0.1, 0.15) is 0 Å². The van der Waals surface area contributed by atoms with Crippen molar-refractivity contribution in [3.63, 3.8) is 0 Å². The lowest BCUT2D eigenvalue weighted by molar-refractivity contribution is 0.607. The number of anilines is 1. The number of hydrogen-bond acceptors (Lipinski definition) is 3. The summed E-state index contributed by atoms with van der Waals surface area (Å²) in [6.07, 6.45) is 3.25. The quantitative estimate of drug-likeness (QED) is 0.565. The molecule has 0 aromatic heterocycles. The number of benzene rings is 3. The second kappa shape index (κ2) is 7.66. The van der Waals surface area contributed by atoms with Crippen LogP contribution in [0, 0.1) is 0 Å². The number of fused-ring (bicyclic) bond motifs is 2. The van der Waals surface area contributed by atoms with Gasteiger partial charge >= 0.3 is 0 Å². The minimum Gasteiger partial charge on any atom is -0.284 e. The monoisotopic (exact) mass is 427 g/mol. The lowest BCUT2D eigenvalue weighted by Gasteiger charge is -2.12. The van der Waals surface area contributed by atoms with Crippen LogP contribution in [0.2, 0.25) is 5.02 Å². The Balaban J connectivity index is 1.88. The Bertz CT molecular complexity index is 1190. The molecule has 0 saturated carbocycles. The van der Waals surface area contributed by atoms with Crippen molar-refractivity contribution in [1.82, 2.24) is 0 Å². The molecule has 1 heterocycles. The molecule has 6 heteroatoms. The van der Waals surface area contributed by atoms with E-state index >= 15 is 0 Å². The van der Waals surface area contributed by atoms with Crippen molar-refractivity contribution in [3.05, 3.63) is 94.0 Å². The van der Waals surface area contributed by atoms with E-state index in [4.69, 9.17) is 11.6 Å². The predicted octanol–water partition coefficient (Wildman–Crippen LogP) is 5.91. The molecule has 1 N–H and O–H groups in total. The molecule has 1 aliphatic rings. The maximum atomic E-state index is 11.6. The van der Waals surface area contributed by atoms with Crippen molar-refractivity contribution in [1.29, 1.82) is 0 Å². The fourth-order valence-electron chi connectivity index (χ4n) is 3.28. The van der Waals surface area contributed by atoms with Gasteiger partial charge < -0.3 is 0 Å². The zero-order valence-electron chi connectivity index (χ0n) is 15.1. The molecule has 0 amide bonds. The highest BCUT2D eigenvalue weighted by Crippen LogP contribution is 2.42. The number of halogens is 1. The molecule has 3 nitrogen and oxygen atoms in total. The van der Waals surface area contributed by atoms with Crippen LogP contribution >= 0.6 is 23.4 Å². The molecule has 0 spiro atoms. The molecule has 28 heavy (non-hydrogen) atoms. The fourth-order valence-corrected chi connectivity index (χ4v) is 5.17. The summed E-state index contributed by atoms with van der Waals surface area (Å²) < 4.78 is 25.7. The maximum Gasteiger partial charge on any atom is 0.229 e. The van der Waals surface area contributed by atoms with E-state index in [1.165, 1.54) is 11.1 Å². The van der Waals surface area contributed by atoms with Crippen LogP contribution in [0.1, 0.15) is 22.3 Å². The van der Waals surface area contributed by atoms with Gasteiger partial charge in [-0.3, -0.25) is 4.72 Å². The second-order valence-electron chi connectivity index (χ2n) is 6.64. The summed E-state index contributed by atoms with van der Waals surface area (Å²) >= 11 is 8.01. The Morgan fingerprint density at radius 2 is 1.82 bits per heavy atom. The van der Waals surface area contributed by atoms with Crippen LogP contribution in [0.3, 0.4) is 0 Å². The standard InChI is InChI=1S/C22H18ClNO2S2/c1-28(25,26)24-18-7-4-5-15(11-18)12-21-19-8-3-2-6-16(19)14-27-22-13-17(23)9-10-20(21)22/h2-13,24H,14H2,1H3/b21-12-. The first-order valence-electron chi connectivity index (χ1n) is 8.70. The summed E-state index contributed by atoms with van der Waals surface area (Å²) in [5.41, 5.74) is 6.13. The van der Waals surface area contributed by atoms with Gasteiger partial charge in [0.2, 0.25) is 10.0 Å². The molecular formula is C22H18ClNO2S2. The van der Waals surface area contributed by atoms with Gasteiger partial charge in [0.15, 0.2) is 0 Å². The van der Waals surface area contributed by atoms with Crippen LogP contribution in [-0.4, -0.2) is 14.7 Å². The molecule has 1 aliphatic heterocycles. The van der Waals surface area contributed by atoms with Crippen molar-refractivity contribution in [2.24, 2.45) is 0 Å². The van der Waals surface area contributed by atoms with Crippen LogP contribution in [-0.2, 0) is 15.8 Å². The Kier molecular flexibility index (Phi) is 5.23. The van der Waals surface area contributed by atoms with Gasteiger partial charge in [-0.25, -0.2) is 8.42 Å². The van der Waals surface area contributed by atoms with Crippen molar-refractivity contribution >= 4 is 50.7 Å². The van der Waals surface area contributed by atoms with Crippen LogP contribution < -0.4 is 4.72 Å². The number of rotatable bonds is 3. The van der Waals surface area contributed by atoms with E-state index in [0.717, 1.165) is 38.6 Å². The SMILES string of the molecule is CS(=O)(=O)Nc1cccc(/C=C2/c3ccccc3CSc3cc(Cl)ccc32)c1. The molecule has 4 rings (SSSR count). The first kappa shape index (κ1) is 19.1. The largest absolute Gasteiger partial charge is 0.284 e. The Morgan fingerprint density at radius 3 is 2.64 bits per heavy atom. The van der Waals surface area contributed by atoms with Crippen LogP contribution in [0.25, 0.3) is 11.6 Å². The zero-order valence-corrected chi connectivity index (χ0v) is 17.5. The third kappa shape index (κ3) is 4.27. The highest BCUT2D eigenvalue weighted by Gasteiger charge is 2.18. The van der Waals surface area contributed by atoms with Gasteiger partial charge in [-0.15, -0.1) is 11.8 Å². The second-order valence-corrected chi connectivity index (χ2v) is 9.85. The molecule has 0 radical (unpaired) electrons. The summed E-state index contributed by atoms with van der Waals surface area (Å²) in [6.45, 7) is 0. The summed E-state index contributed by atoms with van der Waals surface area (Å²) in [5.74, 6) is 0.872. The number of thioether (sulfide) groups is 1. The van der Waals surface area contributed by atoms with E-state index in [2.05, 4.69) is 35.1 Å². The van der Waals surface area contributed by atoms with Crippen molar-refractivity contribution < 1.29 is 8.42 Å². The number of sulfonamides is 1. The molecule has 0 unspecified atom stereocenters. The number of hydrogen-bond donors (Lipinski definition) is 1. The summed E-state index contributed by atoms with van der Waals surface area (Å²) in [7, 11) is -3.32. The van der Waals surface area contributed by atoms with Gasteiger partial charge in [-0.2, -0.15) is 0 Å². The molecule has 3 aromatic carbocycles. The molecule has 0 saturated heterocycles. The minimum atomic E-state index is -3.32. The summed E-state index contributed by atoms with van der Waals surface area (Å²) in [5, 5.41) is 0.718. The van der Waals surface area contributed by atoms with Crippen molar-refractivity contribution in [3.8, 4) is 0 Å². The number of nitrogens with one attached hydrogen (secondary N) is 1. The molecule has 142 valence electrons. The first-order chi connectivity index (χ1) is 13.4. The normalized spacial score (nSPS) is 14.9. The first-order valence-corrected chi connectivity index (χ1v) is 12.0. The van der Waals surface area contributed by atoms with Gasteiger partial charge in [0, 0.05) is 21.4 Å².